The molecule has 23 heavy (non-hydrogen) atoms. The van der Waals surface area contributed by atoms with E-state index in [0.29, 0.717) is 32.6 Å². The zero-order valence-corrected chi connectivity index (χ0v) is 13.8. The zero-order chi connectivity index (χ0) is 16.4. The number of hydrogen-bond donors (Lipinski definition) is 0. The second kappa shape index (κ2) is 6.44. The normalized spacial score (nSPS) is 15.2. The van der Waals surface area contributed by atoms with Crippen molar-refractivity contribution in [2.24, 2.45) is 7.05 Å². The summed E-state index contributed by atoms with van der Waals surface area (Å²) in [5.74, 6) is 0.272. The van der Waals surface area contributed by atoms with Gasteiger partial charge >= 0.3 is 0 Å². The molecule has 1 aliphatic heterocycles. The van der Waals surface area contributed by atoms with Crippen LogP contribution in [0.4, 0.5) is 0 Å². The fourth-order valence-corrected chi connectivity index (χ4v) is 3.30. The molecule has 0 atom stereocenters. The van der Waals surface area contributed by atoms with Gasteiger partial charge < -0.3 is 14.4 Å². The van der Waals surface area contributed by atoms with E-state index in [9.17, 15) is 9.59 Å². The topological polar surface area (TPSA) is 45.6 Å². The Morgan fingerprint density at radius 1 is 1.04 bits per heavy atom. The Morgan fingerprint density at radius 2 is 1.70 bits per heavy atom. The Morgan fingerprint density at radius 3 is 2.39 bits per heavy atom. The Labute approximate surface area is 136 Å². The van der Waals surface area contributed by atoms with Crippen molar-refractivity contribution in [3.8, 4) is 0 Å². The molecule has 0 spiro atoms. The molecule has 0 N–H and O–H groups in total. The molecule has 5 nitrogen and oxygen atoms in total. The first-order chi connectivity index (χ1) is 11.1. The molecule has 1 fully saturated rings. The van der Waals surface area contributed by atoms with E-state index in [0.717, 1.165) is 6.42 Å². The Kier molecular flexibility index (Phi) is 4.37. The van der Waals surface area contributed by atoms with E-state index in [1.165, 1.54) is 16.5 Å². The summed E-state index contributed by atoms with van der Waals surface area (Å²) in [7, 11) is 2.04. The highest BCUT2D eigenvalue weighted by Crippen LogP contribution is 2.21. The summed E-state index contributed by atoms with van der Waals surface area (Å²) in [6, 6.07) is 8.28. The molecule has 2 heterocycles. The number of carbonyl (C=O) groups is 2. The molecular weight excluding hydrogens is 290 g/mol. The summed E-state index contributed by atoms with van der Waals surface area (Å²) in [6.45, 7) is 4.17. The van der Waals surface area contributed by atoms with E-state index in [-0.39, 0.29) is 11.8 Å². The van der Waals surface area contributed by atoms with Gasteiger partial charge in [0.05, 0.1) is 0 Å². The second-order valence-electron chi connectivity index (χ2n) is 6.17. The number of piperazine rings is 1. The van der Waals surface area contributed by atoms with Gasteiger partial charge in [-0.25, -0.2) is 0 Å². The van der Waals surface area contributed by atoms with Gasteiger partial charge in [-0.1, -0.05) is 18.2 Å². The van der Waals surface area contributed by atoms with Gasteiger partial charge in [-0.2, -0.15) is 0 Å². The number of para-hydroxylation sites is 1. The molecule has 1 aromatic carbocycles. The van der Waals surface area contributed by atoms with E-state index < -0.39 is 0 Å². The molecule has 2 aromatic rings. The molecular formula is C18H23N3O2. The lowest BCUT2D eigenvalue weighted by Gasteiger charge is -2.34. The van der Waals surface area contributed by atoms with Gasteiger partial charge in [0, 0.05) is 63.7 Å². The van der Waals surface area contributed by atoms with Crippen molar-refractivity contribution in [2.75, 3.05) is 26.2 Å². The molecule has 5 heteroatoms. The minimum Gasteiger partial charge on any atom is -0.350 e. The summed E-state index contributed by atoms with van der Waals surface area (Å²) in [5, 5.41) is 1.23. The van der Waals surface area contributed by atoms with Crippen molar-refractivity contribution in [3.63, 3.8) is 0 Å². The molecule has 0 radical (unpaired) electrons. The molecule has 1 aromatic heterocycles. The van der Waals surface area contributed by atoms with Crippen LogP contribution in [0.15, 0.2) is 30.5 Å². The first-order valence-corrected chi connectivity index (χ1v) is 8.12. The van der Waals surface area contributed by atoms with Crippen molar-refractivity contribution < 1.29 is 9.59 Å². The average molecular weight is 313 g/mol. The van der Waals surface area contributed by atoms with Crippen molar-refractivity contribution in [1.82, 2.24) is 14.4 Å². The lowest BCUT2D eigenvalue weighted by molar-refractivity contribution is -0.138. The molecule has 0 bridgehead atoms. The average Bonchev–Trinajstić information content (AvgIpc) is 2.89. The molecule has 1 aliphatic rings. The van der Waals surface area contributed by atoms with Gasteiger partial charge in [-0.15, -0.1) is 0 Å². The number of amides is 2. The largest absolute Gasteiger partial charge is 0.350 e. The Hall–Kier alpha value is -2.30. The predicted octanol–water partition coefficient (Wildman–Crippen LogP) is 1.80. The lowest BCUT2D eigenvalue weighted by Crippen LogP contribution is -2.50. The van der Waals surface area contributed by atoms with E-state index in [1.54, 1.807) is 11.8 Å². The number of nitrogens with zero attached hydrogens (tertiary/aromatic N) is 3. The van der Waals surface area contributed by atoms with Crippen LogP contribution >= 0.6 is 0 Å². The lowest BCUT2D eigenvalue weighted by atomic mass is 10.1. The predicted molar refractivity (Wildman–Crippen MR) is 90.1 cm³/mol. The third-order valence-electron chi connectivity index (χ3n) is 4.67. The van der Waals surface area contributed by atoms with Gasteiger partial charge in [0.15, 0.2) is 0 Å². The molecule has 2 amide bonds. The highest BCUT2D eigenvalue weighted by Gasteiger charge is 2.22. The highest BCUT2D eigenvalue weighted by atomic mass is 16.2. The minimum absolute atomic E-state index is 0.0906. The smallest absolute Gasteiger partial charge is 0.223 e. The molecule has 0 saturated carbocycles. The van der Waals surface area contributed by atoms with Crippen LogP contribution in [0.5, 0.6) is 0 Å². The van der Waals surface area contributed by atoms with E-state index in [2.05, 4.69) is 22.9 Å². The van der Waals surface area contributed by atoms with Crippen molar-refractivity contribution in [2.45, 2.75) is 19.8 Å². The molecule has 122 valence electrons. The minimum atomic E-state index is 0.0906. The number of fused-ring (bicyclic) bond motifs is 1. The summed E-state index contributed by atoms with van der Waals surface area (Å²) >= 11 is 0. The van der Waals surface area contributed by atoms with Crippen LogP contribution in [0.2, 0.25) is 0 Å². The van der Waals surface area contributed by atoms with Crippen LogP contribution in [0, 0.1) is 0 Å². The zero-order valence-electron chi connectivity index (χ0n) is 13.8. The fraction of sp³-hybridized carbons (Fsp3) is 0.444. The second-order valence-corrected chi connectivity index (χ2v) is 6.17. The Bertz CT molecular complexity index is 727. The van der Waals surface area contributed by atoms with Crippen LogP contribution < -0.4 is 0 Å². The summed E-state index contributed by atoms with van der Waals surface area (Å²) < 4.78 is 2.11. The Balaban J connectivity index is 1.60. The van der Waals surface area contributed by atoms with Gasteiger partial charge in [-0.3, -0.25) is 9.59 Å². The van der Waals surface area contributed by atoms with Crippen LogP contribution in [0.1, 0.15) is 18.9 Å². The van der Waals surface area contributed by atoms with E-state index >= 15 is 0 Å². The number of carbonyl (C=O) groups excluding carboxylic acids is 2. The quantitative estimate of drug-likeness (QED) is 0.867. The molecule has 3 rings (SSSR count). The van der Waals surface area contributed by atoms with E-state index in [4.69, 9.17) is 0 Å². The third kappa shape index (κ3) is 3.23. The number of rotatable bonds is 3. The maximum absolute atomic E-state index is 12.4. The van der Waals surface area contributed by atoms with Crippen LogP contribution in [-0.4, -0.2) is 52.4 Å². The molecule has 1 saturated heterocycles. The number of aromatic nitrogens is 1. The standard InChI is InChI=1S/C18H23N3O2/c1-14(22)20-9-11-21(12-10-20)18(23)8-7-15-13-19(2)17-6-4-3-5-16(15)17/h3-6,13H,7-12H2,1-2H3. The van der Waals surface area contributed by atoms with Crippen LogP contribution in [0.3, 0.4) is 0 Å². The third-order valence-corrected chi connectivity index (χ3v) is 4.67. The fourth-order valence-electron chi connectivity index (χ4n) is 3.30. The number of benzene rings is 1. The summed E-state index contributed by atoms with van der Waals surface area (Å²) in [5.41, 5.74) is 2.42. The molecule has 0 aliphatic carbocycles. The number of hydrogen-bond acceptors (Lipinski definition) is 2. The van der Waals surface area contributed by atoms with Gasteiger partial charge in [-0.05, 0) is 18.1 Å². The van der Waals surface area contributed by atoms with Crippen molar-refractivity contribution in [3.05, 3.63) is 36.0 Å². The maximum Gasteiger partial charge on any atom is 0.223 e. The van der Waals surface area contributed by atoms with Gasteiger partial charge in [0.1, 0.15) is 0 Å². The SMILES string of the molecule is CC(=O)N1CCN(C(=O)CCc2cn(C)c3ccccc23)CC1. The van der Waals surface area contributed by atoms with E-state index in [1.807, 2.05) is 24.1 Å². The number of aryl methyl sites for hydroxylation is 2. The van der Waals surface area contributed by atoms with Crippen molar-refractivity contribution in [1.29, 1.82) is 0 Å². The van der Waals surface area contributed by atoms with Crippen LogP contribution in [-0.2, 0) is 23.1 Å². The van der Waals surface area contributed by atoms with Gasteiger partial charge in [0.25, 0.3) is 0 Å². The summed E-state index contributed by atoms with van der Waals surface area (Å²) in [4.78, 5) is 27.4. The monoisotopic (exact) mass is 313 g/mol. The van der Waals surface area contributed by atoms with Gasteiger partial charge in [0.2, 0.25) is 11.8 Å². The molecule has 0 unspecified atom stereocenters. The van der Waals surface area contributed by atoms with Crippen molar-refractivity contribution >= 4 is 22.7 Å². The van der Waals surface area contributed by atoms with Crippen LogP contribution in [0.25, 0.3) is 10.9 Å². The highest BCUT2D eigenvalue weighted by molar-refractivity contribution is 5.85. The summed E-state index contributed by atoms with van der Waals surface area (Å²) in [6.07, 6.45) is 3.40. The maximum atomic E-state index is 12.4. The first kappa shape index (κ1) is 15.6. The first-order valence-electron chi connectivity index (χ1n) is 8.12.